The van der Waals surface area contributed by atoms with Crippen LogP contribution in [0, 0.1) is 24.5 Å². The van der Waals surface area contributed by atoms with Gasteiger partial charge in [-0.15, -0.1) is 0 Å². The number of nitrogens with zero attached hydrogens (tertiary/aromatic N) is 1. The van der Waals surface area contributed by atoms with E-state index in [2.05, 4.69) is 17.6 Å². The molecule has 32 heavy (non-hydrogen) atoms. The third-order valence-corrected chi connectivity index (χ3v) is 5.94. The van der Waals surface area contributed by atoms with Crippen LogP contribution in [0.3, 0.4) is 0 Å². The highest BCUT2D eigenvalue weighted by atomic mass is 19.1. The first-order valence-corrected chi connectivity index (χ1v) is 11.2. The average molecular weight is 444 g/mol. The summed E-state index contributed by atoms with van der Waals surface area (Å²) in [6.45, 7) is 4.83. The minimum atomic E-state index is -0.363. The van der Waals surface area contributed by atoms with E-state index in [9.17, 15) is 18.4 Å². The molecule has 0 aliphatic carbocycles. The minimum Gasteiger partial charge on any atom is -0.352 e. The molecule has 1 aliphatic rings. The molecule has 2 N–H and O–H groups in total. The van der Waals surface area contributed by atoms with Crippen molar-refractivity contribution in [3.63, 3.8) is 0 Å². The van der Waals surface area contributed by atoms with Crippen LogP contribution in [-0.2, 0) is 11.3 Å². The van der Waals surface area contributed by atoms with Crippen LogP contribution < -0.4 is 10.6 Å². The smallest absolute Gasteiger partial charge is 0.317 e. The number of hydrogen-bond donors (Lipinski definition) is 2. The van der Waals surface area contributed by atoms with Crippen molar-refractivity contribution in [2.75, 3.05) is 13.1 Å². The standard InChI is InChI=1S/C25H31F2N3O2/c1-3-4-12-28-25(32)30-16-20(24(31)29-15-18-6-5-7-21(26)14-18)9-11-23(30)19-8-10-22(27)17(2)13-19/h5-8,10,13-14,20,23H,3-4,9,11-12,15-16H2,1-2H3,(H,28,32)(H,29,31). The van der Waals surface area contributed by atoms with Gasteiger partial charge in [0.05, 0.1) is 12.0 Å². The van der Waals surface area contributed by atoms with E-state index < -0.39 is 0 Å². The van der Waals surface area contributed by atoms with E-state index in [0.29, 0.717) is 30.5 Å². The van der Waals surface area contributed by atoms with Gasteiger partial charge in [0.25, 0.3) is 0 Å². The second-order valence-electron chi connectivity index (χ2n) is 8.38. The Morgan fingerprint density at radius 2 is 1.91 bits per heavy atom. The maximum absolute atomic E-state index is 13.8. The zero-order valence-electron chi connectivity index (χ0n) is 18.7. The molecule has 2 aromatic carbocycles. The van der Waals surface area contributed by atoms with Gasteiger partial charge in [0.2, 0.25) is 5.91 Å². The summed E-state index contributed by atoms with van der Waals surface area (Å²) in [5, 5.41) is 5.81. The molecule has 0 radical (unpaired) electrons. The fourth-order valence-electron chi connectivity index (χ4n) is 4.09. The predicted octanol–water partition coefficient (Wildman–Crippen LogP) is 4.85. The third kappa shape index (κ3) is 6.05. The second kappa shape index (κ2) is 11.1. The van der Waals surface area contributed by atoms with Crippen molar-refractivity contribution in [3.8, 4) is 0 Å². The fraction of sp³-hybridized carbons (Fsp3) is 0.440. The topological polar surface area (TPSA) is 61.4 Å². The van der Waals surface area contributed by atoms with E-state index in [1.807, 2.05) is 0 Å². The van der Waals surface area contributed by atoms with Crippen molar-refractivity contribution in [1.29, 1.82) is 0 Å². The van der Waals surface area contributed by atoms with Gasteiger partial charge in [-0.3, -0.25) is 4.79 Å². The van der Waals surface area contributed by atoms with Gasteiger partial charge in [0, 0.05) is 19.6 Å². The number of rotatable bonds is 7. The summed E-state index contributed by atoms with van der Waals surface area (Å²) in [4.78, 5) is 27.5. The number of unbranched alkanes of at least 4 members (excludes halogenated alkanes) is 1. The summed E-state index contributed by atoms with van der Waals surface area (Å²) >= 11 is 0. The van der Waals surface area contributed by atoms with Gasteiger partial charge in [0.1, 0.15) is 11.6 Å². The van der Waals surface area contributed by atoms with Crippen molar-refractivity contribution < 1.29 is 18.4 Å². The van der Waals surface area contributed by atoms with Gasteiger partial charge in [0.15, 0.2) is 0 Å². The largest absolute Gasteiger partial charge is 0.352 e. The highest BCUT2D eigenvalue weighted by molar-refractivity contribution is 5.81. The van der Waals surface area contributed by atoms with Gasteiger partial charge in [-0.1, -0.05) is 37.6 Å². The molecule has 1 aliphatic heterocycles. The molecule has 2 atom stereocenters. The number of halogens is 2. The average Bonchev–Trinajstić information content (AvgIpc) is 2.79. The van der Waals surface area contributed by atoms with E-state index in [4.69, 9.17) is 0 Å². The van der Waals surface area contributed by atoms with Crippen molar-refractivity contribution in [3.05, 3.63) is 70.8 Å². The normalized spacial score (nSPS) is 18.3. The van der Waals surface area contributed by atoms with Crippen LogP contribution in [-0.4, -0.2) is 29.9 Å². The molecule has 7 heteroatoms. The van der Waals surface area contributed by atoms with E-state index >= 15 is 0 Å². The molecule has 1 saturated heterocycles. The molecule has 3 rings (SSSR count). The van der Waals surface area contributed by atoms with E-state index in [-0.39, 0.29) is 48.6 Å². The molecule has 1 heterocycles. The lowest BCUT2D eigenvalue weighted by Crippen LogP contribution is -2.50. The molecular weight excluding hydrogens is 412 g/mol. The lowest BCUT2D eigenvalue weighted by Gasteiger charge is -2.39. The molecule has 0 spiro atoms. The monoisotopic (exact) mass is 443 g/mol. The van der Waals surface area contributed by atoms with Crippen molar-refractivity contribution in [1.82, 2.24) is 15.5 Å². The van der Waals surface area contributed by atoms with Crippen molar-refractivity contribution >= 4 is 11.9 Å². The molecule has 0 saturated carbocycles. The number of carbonyl (C=O) groups excluding carboxylic acids is 2. The Morgan fingerprint density at radius 1 is 1.09 bits per heavy atom. The van der Waals surface area contributed by atoms with Crippen molar-refractivity contribution in [2.45, 2.75) is 52.1 Å². The van der Waals surface area contributed by atoms with E-state index in [1.165, 1.54) is 18.2 Å². The molecule has 5 nitrogen and oxygen atoms in total. The number of piperidine rings is 1. The Balaban J connectivity index is 1.71. The maximum Gasteiger partial charge on any atom is 0.317 e. The number of nitrogens with one attached hydrogen (secondary N) is 2. The molecule has 0 bridgehead atoms. The summed E-state index contributed by atoms with van der Waals surface area (Å²) in [6, 6.07) is 10.6. The molecule has 0 aromatic heterocycles. The molecule has 3 amide bonds. The van der Waals surface area contributed by atoms with Crippen LogP contribution in [0.1, 0.15) is 55.3 Å². The summed E-state index contributed by atoms with van der Waals surface area (Å²) in [5.74, 6) is -1.15. The summed E-state index contributed by atoms with van der Waals surface area (Å²) in [6.07, 6.45) is 3.04. The Kier molecular flexibility index (Phi) is 8.20. The molecule has 172 valence electrons. The van der Waals surface area contributed by atoms with Gasteiger partial charge in [-0.25, -0.2) is 13.6 Å². The predicted molar refractivity (Wildman–Crippen MR) is 120 cm³/mol. The van der Waals surface area contributed by atoms with Gasteiger partial charge < -0.3 is 15.5 Å². The summed E-state index contributed by atoms with van der Waals surface area (Å²) in [7, 11) is 0. The van der Waals surface area contributed by atoms with Crippen LogP contribution in [0.25, 0.3) is 0 Å². The Bertz CT molecular complexity index is 951. The van der Waals surface area contributed by atoms with Gasteiger partial charge >= 0.3 is 6.03 Å². The zero-order chi connectivity index (χ0) is 23.1. The van der Waals surface area contributed by atoms with Crippen LogP contribution in [0.5, 0.6) is 0 Å². The number of hydrogen-bond acceptors (Lipinski definition) is 2. The Morgan fingerprint density at radius 3 is 2.62 bits per heavy atom. The minimum absolute atomic E-state index is 0.158. The number of likely N-dealkylation sites (tertiary alicyclic amines) is 1. The molecule has 2 aromatic rings. The number of aryl methyl sites for hydroxylation is 1. The van der Waals surface area contributed by atoms with E-state index in [1.54, 1.807) is 36.1 Å². The molecular formula is C25H31F2N3O2. The van der Waals surface area contributed by atoms with E-state index in [0.717, 1.165) is 18.4 Å². The number of carbonyl (C=O) groups is 2. The van der Waals surface area contributed by atoms with Gasteiger partial charge in [-0.05, 0) is 61.1 Å². The molecule has 2 unspecified atom stereocenters. The highest BCUT2D eigenvalue weighted by Crippen LogP contribution is 2.34. The fourth-order valence-corrected chi connectivity index (χ4v) is 4.09. The third-order valence-electron chi connectivity index (χ3n) is 5.94. The number of urea groups is 1. The second-order valence-corrected chi connectivity index (χ2v) is 8.38. The Labute approximate surface area is 188 Å². The SMILES string of the molecule is CCCCNC(=O)N1CC(C(=O)NCc2cccc(F)c2)CCC1c1ccc(F)c(C)c1. The number of benzene rings is 2. The van der Waals surface area contributed by atoms with Crippen LogP contribution in [0.15, 0.2) is 42.5 Å². The summed E-state index contributed by atoms with van der Waals surface area (Å²) in [5.41, 5.74) is 2.08. The van der Waals surface area contributed by atoms with Crippen LogP contribution in [0.2, 0.25) is 0 Å². The Hall–Kier alpha value is -2.96. The first-order chi connectivity index (χ1) is 15.4. The number of amides is 3. The van der Waals surface area contributed by atoms with Gasteiger partial charge in [-0.2, -0.15) is 0 Å². The highest BCUT2D eigenvalue weighted by Gasteiger charge is 2.35. The van der Waals surface area contributed by atoms with Crippen LogP contribution in [0.4, 0.5) is 13.6 Å². The summed E-state index contributed by atoms with van der Waals surface area (Å²) < 4.78 is 27.2. The van der Waals surface area contributed by atoms with Crippen LogP contribution >= 0.6 is 0 Å². The van der Waals surface area contributed by atoms with Crippen molar-refractivity contribution in [2.24, 2.45) is 5.92 Å². The maximum atomic E-state index is 13.8. The zero-order valence-corrected chi connectivity index (χ0v) is 18.7. The lowest BCUT2D eigenvalue weighted by molar-refractivity contribution is -0.126. The lowest BCUT2D eigenvalue weighted by atomic mass is 9.88. The first kappa shape index (κ1) is 23.7. The molecule has 1 fully saturated rings. The quantitative estimate of drug-likeness (QED) is 0.601. The first-order valence-electron chi connectivity index (χ1n) is 11.2.